The third-order valence-corrected chi connectivity index (χ3v) is 9.48. The molecule has 0 bridgehead atoms. The molecular weight excluding hydrogens is 657 g/mol. The number of benzene rings is 3. The van der Waals surface area contributed by atoms with Gasteiger partial charge in [0.25, 0.3) is 31.7 Å². The lowest BCUT2D eigenvalue weighted by Crippen LogP contribution is -2.21. The van der Waals surface area contributed by atoms with Gasteiger partial charge in [-0.2, -0.15) is 26.9 Å². The zero-order valence-corrected chi connectivity index (χ0v) is 27.8. The molecule has 1 aliphatic rings. The maximum atomic E-state index is 13.8. The van der Waals surface area contributed by atoms with Crippen LogP contribution in [0, 0.1) is 0 Å². The molecule has 14 heteroatoms. The number of nitrogens with one attached hydrogen (secondary N) is 1. The lowest BCUT2D eigenvalue weighted by molar-refractivity contribution is -0.114. The lowest BCUT2D eigenvalue weighted by atomic mass is 9.96. The molecule has 0 fully saturated rings. The summed E-state index contributed by atoms with van der Waals surface area (Å²) in [4.78, 5) is 26.9. The highest BCUT2D eigenvalue weighted by molar-refractivity contribution is 7.86. The summed E-state index contributed by atoms with van der Waals surface area (Å²) in [5.41, 5.74) is 4.10. The van der Waals surface area contributed by atoms with Crippen molar-refractivity contribution in [2.75, 3.05) is 5.01 Å². The normalized spacial score (nSPS) is 15.0. The van der Waals surface area contributed by atoms with Crippen LogP contribution in [0.3, 0.4) is 0 Å². The molecule has 0 saturated heterocycles. The molecule has 0 saturated carbocycles. The Morgan fingerprint density at radius 2 is 1.35 bits per heavy atom. The summed E-state index contributed by atoms with van der Waals surface area (Å²) in [6.07, 6.45) is 6.23. The fourth-order valence-corrected chi connectivity index (χ4v) is 6.33. The Hall–Kier alpha value is -4.89. The predicted molar refractivity (Wildman–Crippen MR) is 182 cm³/mol. The van der Waals surface area contributed by atoms with E-state index in [0.717, 1.165) is 17.6 Å². The number of H-pyrrole nitrogens is 1. The molecule has 5 rings (SSSR count). The van der Waals surface area contributed by atoms with Crippen LogP contribution in [0.4, 0.5) is 5.69 Å². The number of carbonyl (C=O) groups excluding carboxylic acids is 1. The molecule has 12 nitrogen and oxygen atoms in total. The topological polar surface area (TPSA) is 179 Å². The SMILES string of the molecule is CCCC1=NN(c2ccc(S(=O)(=O)O)cc2)C(=O)C1=CC=C(Cc1c(CCC)[nH]n(-c2ccc(S(=O)(=O)O)cc2)c1=O)c1ccccc1. The summed E-state index contributed by atoms with van der Waals surface area (Å²) in [6.45, 7) is 3.95. The van der Waals surface area contributed by atoms with Crippen molar-refractivity contribution < 1.29 is 30.7 Å². The van der Waals surface area contributed by atoms with Crippen molar-refractivity contribution in [3.63, 3.8) is 0 Å². The molecule has 1 amide bonds. The maximum Gasteiger partial charge on any atom is 0.294 e. The van der Waals surface area contributed by atoms with Gasteiger partial charge >= 0.3 is 0 Å². The lowest BCUT2D eigenvalue weighted by Gasteiger charge is -2.12. The summed E-state index contributed by atoms with van der Waals surface area (Å²) in [5.74, 6) is -0.411. The van der Waals surface area contributed by atoms with E-state index < -0.39 is 26.1 Å². The number of amides is 1. The average molecular weight is 691 g/mol. The largest absolute Gasteiger partial charge is 0.295 e. The molecule has 0 atom stereocenters. The Bertz CT molecular complexity index is 2200. The zero-order chi connectivity index (χ0) is 34.6. The van der Waals surface area contributed by atoms with Gasteiger partial charge in [0.2, 0.25) is 0 Å². The summed E-state index contributed by atoms with van der Waals surface area (Å²) >= 11 is 0. The number of aryl methyl sites for hydroxylation is 1. The van der Waals surface area contributed by atoms with Crippen molar-refractivity contribution in [3.8, 4) is 5.69 Å². The number of hydrazone groups is 1. The molecule has 0 unspecified atom stereocenters. The Morgan fingerprint density at radius 1 is 0.792 bits per heavy atom. The van der Waals surface area contributed by atoms with Gasteiger partial charge in [-0.1, -0.05) is 63.1 Å². The Labute approximate surface area is 278 Å². The van der Waals surface area contributed by atoms with Crippen LogP contribution in [0.15, 0.2) is 116 Å². The van der Waals surface area contributed by atoms with Crippen molar-refractivity contribution >= 4 is 43.1 Å². The molecular formula is C34H34N4O8S2. The van der Waals surface area contributed by atoms with Crippen molar-refractivity contribution in [1.82, 2.24) is 9.78 Å². The number of anilines is 1. The predicted octanol–water partition coefficient (Wildman–Crippen LogP) is 5.37. The average Bonchev–Trinajstić information content (AvgIpc) is 3.53. The van der Waals surface area contributed by atoms with Gasteiger partial charge in [-0.05, 0) is 78.6 Å². The number of nitrogens with zero attached hydrogens (tertiary/aromatic N) is 3. The van der Waals surface area contributed by atoms with Crippen LogP contribution < -0.4 is 10.6 Å². The second-order valence-corrected chi connectivity index (χ2v) is 14.0. The number of rotatable bonds is 12. The minimum atomic E-state index is -4.40. The number of aromatic nitrogens is 2. The fourth-order valence-electron chi connectivity index (χ4n) is 5.37. The van der Waals surface area contributed by atoms with Crippen molar-refractivity contribution in [2.24, 2.45) is 5.10 Å². The van der Waals surface area contributed by atoms with E-state index in [9.17, 15) is 35.5 Å². The third kappa shape index (κ3) is 7.47. The van der Waals surface area contributed by atoms with E-state index in [1.165, 1.54) is 58.2 Å². The van der Waals surface area contributed by atoms with Crippen LogP contribution in [0.1, 0.15) is 49.9 Å². The maximum absolute atomic E-state index is 13.8. The van der Waals surface area contributed by atoms with Gasteiger partial charge < -0.3 is 0 Å². The standard InChI is InChI=1S/C34H34N4O8S2/c1-3-8-31-29(33(39)37(35-31)25-13-17-27(18-14-25)47(41,42)43)21-12-24(23-10-6-5-7-11-23)22-30-32(9-4-2)36-38(34(30)40)26-15-19-28(20-16-26)48(44,45)46/h5-7,10-21,36H,3-4,8-9,22H2,1-2H3,(H,41,42,43)(H,44,45,46). The third-order valence-electron chi connectivity index (χ3n) is 7.75. The van der Waals surface area contributed by atoms with E-state index in [0.29, 0.717) is 53.2 Å². The summed E-state index contributed by atoms with van der Waals surface area (Å²) in [7, 11) is -8.80. The molecule has 0 spiro atoms. The van der Waals surface area contributed by atoms with E-state index in [-0.39, 0.29) is 21.8 Å². The number of aromatic amines is 1. The smallest absolute Gasteiger partial charge is 0.294 e. The van der Waals surface area contributed by atoms with Crippen LogP contribution >= 0.6 is 0 Å². The quantitative estimate of drug-likeness (QED) is 0.131. The molecule has 1 aromatic heterocycles. The number of allylic oxidation sites excluding steroid dienone is 3. The molecule has 0 radical (unpaired) electrons. The van der Waals surface area contributed by atoms with Gasteiger partial charge in [0.05, 0.1) is 32.5 Å². The van der Waals surface area contributed by atoms with Crippen molar-refractivity contribution in [2.45, 2.75) is 55.7 Å². The first kappa shape index (κ1) is 34.4. The molecule has 250 valence electrons. The van der Waals surface area contributed by atoms with Gasteiger partial charge in [-0.15, -0.1) is 0 Å². The molecule has 3 N–H and O–H groups in total. The molecule has 0 aliphatic carbocycles. The highest BCUT2D eigenvalue weighted by Crippen LogP contribution is 2.28. The summed E-state index contributed by atoms with van der Waals surface area (Å²) in [5, 5.41) is 8.88. The highest BCUT2D eigenvalue weighted by atomic mass is 32.2. The zero-order valence-electron chi connectivity index (χ0n) is 26.2. The Morgan fingerprint density at radius 3 is 1.90 bits per heavy atom. The van der Waals surface area contributed by atoms with E-state index in [1.807, 2.05) is 44.2 Å². The minimum absolute atomic E-state index is 0.212. The molecule has 1 aliphatic heterocycles. The van der Waals surface area contributed by atoms with Gasteiger partial charge in [-0.3, -0.25) is 23.8 Å². The van der Waals surface area contributed by atoms with Gasteiger partial charge in [-0.25, -0.2) is 4.68 Å². The van der Waals surface area contributed by atoms with E-state index in [4.69, 9.17) is 0 Å². The molecule has 2 heterocycles. The molecule has 3 aromatic carbocycles. The van der Waals surface area contributed by atoms with Crippen LogP contribution in [-0.2, 0) is 37.9 Å². The van der Waals surface area contributed by atoms with Crippen molar-refractivity contribution in [1.29, 1.82) is 0 Å². The van der Waals surface area contributed by atoms with Gasteiger partial charge in [0.15, 0.2) is 0 Å². The van der Waals surface area contributed by atoms with Crippen LogP contribution in [-0.4, -0.2) is 47.3 Å². The Balaban J connectivity index is 1.55. The van der Waals surface area contributed by atoms with Crippen LogP contribution in [0.2, 0.25) is 0 Å². The second-order valence-electron chi connectivity index (χ2n) is 11.1. The first-order valence-electron chi connectivity index (χ1n) is 15.2. The van der Waals surface area contributed by atoms with Gasteiger partial charge in [0, 0.05) is 17.7 Å². The fraction of sp³-hybridized carbons (Fsp3) is 0.206. The van der Waals surface area contributed by atoms with Crippen LogP contribution in [0.25, 0.3) is 11.3 Å². The summed E-state index contributed by atoms with van der Waals surface area (Å²) in [6, 6.07) is 19.9. The van der Waals surface area contributed by atoms with Crippen molar-refractivity contribution in [3.05, 3.63) is 124 Å². The second kappa shape index (κ2) is 14.1. The minimum Gasteiger partial charge on any atom is -0.295 e. The first-order valence-corrected chi connectivity index (χ1v) is 18.1. The highest BCUT2D eigenvalue weighted by Gasteiger charge is 2.30. The van der Waals surface area contributed by atoms with Gasteiger partial charge in [0.1, 0.15) is 0 Å². The Kier molecular flexibility index (Phi) is 10.1. The van der Waals surface area contributed by atoms with Crippen LogP contribution in [0.5, 0.6) is 0 Å². The molecule has 48 heavy (non-hydrogen) atoms. The summed E-state index contributed by atoms with van der Waals surface area (Å²) < 4.78 is 66.1. The van der Waals surface area contributed by atoms with E-state index in [2.05, 4.69) is 10.2 Å². The monoisotopic (exact) mass is 690 g/mol. The number of hydrogen-bond acceptors (Lipinski definition) is 7. The molecule has 4 aromatic rings. The van der Waals surface area contributed by atoms with E-state index in [1.54, 1.807) is 12.2 Å². The number of hydrogen-bond donors (Lipinski definition) is 3. The van der Waals surface area contributed by atoms with E-state index >= 15 is 0 Å². The first-order chi connectivity index (χ1) is 22.8. The number of carbonyl (C=O) groups is 1.